The van der Waals surface area contributed by atoms with E-state index in [0.29, 0.717) is 38.5 Å². The first-order chi connectivity index (χ1) is 38.7. The van der Waals surface area contributed by atoms with Crippen molar-refractivity contribution in [2.45, 2.75) is 244 Å². The van der Waals surface area contributed by atoms with Crippen molar-refractivity contribution < 1.29 is 58.4 Å². The zero-order valence-corrected chi connectivity index (χ0v) is 50.6. The van der Waals surface area contributed by atoms with Crippen LogP contribution in [-0.2, 0) is 43.1 Å². The molecule has 4 aliphatic carbocycles. The van der Waals surface area contributed by atoms with Crippen molar-refractivity contribution in [3.8, 4) is 0 Å². The third-order valence-electron chi connectivity index (χ3n) is 17.0. The number of ketones is 3. The van der Waals surface area contributed by atoms with Crippen LogP contribution in [0.25, 0.3) is 0 Å². The molecule has 1 aliphatic heterocycles. The van der Waals surface area contributed by atoms with Gasteiger partial charge in [-0.1, -0.05) is 122 Å². The fourth-order valence-electron chi connectivity index (χ4n) is 12.1. The first-order valence-electron chi connectivity index (χ1n) is 32.0. The Kier molecular flexibility index (Phi) is 45.4. The smallest absolute Gasteiger partial charge is 0.317 e. The number of hydrogen-bond acceptors (Lipinski definition) is 14. The fraction of sp³-hybridized carbons (Fsp3) is 0.873. The quantitative estimate of drug-likeness (QED) is 0.0164. The maximum atomic E-state index is 12.2. The van der Waals surface area contributed by atoms with Gasteiger partial charge in [0.2, 0.25) is 0 Å². The minimum atomic E-state index is -0.782. The largest absolute Gasteiger partial charge is 0.481 e. The first kappa shape index (κ1) is 74.4. The number of unbranched alkanes of at least 4 members (excludes halogenated alkanes) is 15. The number of carbonyl (C=O) groups is 8. The Morgan fingerprint density at radius 3 is 0.838 bits per heavy atom. The van der Waals surface area contributed by atoms with Gasteiger partial charge in [0.25, 0.3) is 0 Å². The maximum absolute atomic E-state index is 12.2. The molecule has 464 valence electrons. The molecule has 9 N–H and O–H groups in total. The Morgan fingerprint density at radius 2 is 0.588 bits per heavy atom. The number of ether oxygens (including phenoxy) is 1. The van der Waals surface area contributed by atoms with Gasteiger partial charge in [-0.25, -0.2) is 0 Å². The van der Waals surface area contributed by atoms with Gasteiger partial charge >= 0.3 is 29.8 Å². The van der Waals surface area contributed by atoms with Crippen LogP contribution >= 0.6 is 0 Å². The number of aliphatic carboxylic acids is 3. The van der Waals surface area contributed by atoms with Crippen LogP contribution in [0, 0.1) is 47.3 Å². The normalized spacial score (nSPS) is 23.2. The number of rotatable bonds is 36. The van der Waals surface area contributed by atoms with Crippen molar-refractivity contribution in [2.24, 2.45) is 53.1 Å². The molecule has 0 aromatic rings. The predicted octanol–water partition coefficient (Wildman–Crippen LogP) is 10.6. The summed E-state index contributed by atoms with van der Waals surface area (Å²) in [6, 6.07) is 0. The summed E-state index contributed by atoms with van der Waals surface area (Å²) in [6.07, 6.45) is 37.5. The lowest BCUT2D eigenvalue weighted by Crippen LogP contribution is -2.32. The van der Waals surface area contributed by atoms with Gasteiger partial charge in [-0.15, -0.1) is 0 Å². The topological polar surface area (TPSA) is 281 Å². The van der Waals surface area contributed by atoms with Gasteiger partial charge in [-0.3, -0.25) is 38.4 Å². The molecule has 5 rings (SSSR count). The maximum Gasteiger partial charge on any atom is 0.317 e. The van der Waals surface area contributed by atoms with E-state index in [1.165, 1.54) is 83.5 Å². The van der Waals surface area contributed by atoms with Crippen LogP contribution in [0.4, 0.5) is 0 Å². The molecule has 80 heavy (non-hydrogen) atoms. The van der Waals surface area contributed by atoms with Gasteiger partial charge in [0, 0.05) is 37.0 Å². The number of carbonyl (C=O) groups excluding carboxylic acids is 5. The average Bonchev–Trinajstić information content (AvgIpc) is 3.78. The number of hydrogen-bond donors (Lipinski definition) is 8. The van der Waals surface area contributed by atoms with E-state index in [1.807, 2.05) is 28.2 Å². The molecule has 0 aromatic carbocycles. The second-order valence-corrected chi connectivity index (χ2v) is 23.3. The molecular formula is C63H115N5O12. The van der Waals surface area contributed by atoms with E-state index in [-0.39, 0.29) is 58.9 Å². The van der Waals surface area contributed by atoms with E-state index in [0.717, 1.165) is 155 Å². The minimum absolute atomic E-state index is 0.101. The van der Waals surface area contributed by atoms with E-state index >= 15 is 0 Å². The van der Waals surface area contributed by atoms with Crippen molar-refractivity contribution in [1.82, 2.24) is 21.3 Å². The molecule has 1 heterocycles. The van der Waals surface area contributed by atoms with Crippen molar-refractivity contribution >= 4 is 47.2 Å². The molecule has 0 radical (unpaired) electrons. The van der Waals surface area contributed by atoms with Crippen LogP contribution in [0.3, 0.4) is 0 Å². The van der Waals surface area contributed by atoms with Gasteiger partial charge in [-0.05, 0) is 164 Å². The fourth-order valence-corrected chi connectivity index (χ4v) is 12.1. The molecule has 0 amide bonds. The summed E-state index contributed by atoms with van der Waals surface area (Å²) in [5, 5.41) is 40.1. The van der Waals surface area contributed by atoms with Gasteiger partial charge in [-0.2, -0.15) is 0 Å². The number of cyclic esters (lactones) is 2. The highest BCUT2D eigenvalue weighted by Crippen LogP contribution is 2.37. The summed E-state index contributed by atoms with van der Waals surface area (Å²) in [5.74, 6) is -4.49. The molecule has 5 aliphatic rings. The van der Waals surface area contributed by atoms with Crippen LogP contribution in [0.5, 0.6) is 0 Å². The molecule has 2 unspecified atom stereocenters. The lowest BCUT2D eigenvalue weighted by molar-refractivity contribution is -0.154. The van der Waals surface area contributed by atoms with Gasteiger partial charge < -0.3 is 47.1 Å². The zero-order valence-electron chi connectivity index (χ0n) is 50.6. The monoisotopic (exact) mass is 1130 g/mol. The Balaban J connectivity index is 0.000000515. The molecule has 4 saturated carbocycles. The number of nitrogens with two attached hydrogens (primary N) is 1. The van der Waals surface area contributed by atoms with Crippen molar-refractivity contribution in [1.29, 1.82) is 0 Å². The van der Waals surface area contributed by atoms with E-state index in [1.54, 1.807) is 0 Å². The lowest BCUT2D eigenvalue weighted by atomic mass is 9.76. The molecule has 0 spiro atoms. The lowest BCUT2D eigenvalue weighted by Gasteiger charge is -2.27. The highest BCUT2D eigenvalue weighted by molar-refractivity contribution is 5.96. The summed E-state index contributed by atoms with van der Waals surface area (Å²) in [6.45, 7) is 5.16. The molecule has 0 bridgehead atoms. The van der Waals surface area contributed by atoms with E-state index in [4.69, 9.17) is 5.73 Å². The molecule has 8 atom stereocenters. The standard InChI is InChI=1S/3C16H29NO3.C8H10O3.C7H18N2/c3*1-17-12-8-4-2-3-5-11-15(18)13-9-6-7-10-14(13)16(19)20;9-7-5-3-1-2-4-6(5)8(10)11-7;1-9-7-5-3-2-4-6-8/h3*13-14,17H,2-12H2,1H3,(H,19,20);5-6H,1-4H2;9H,2-8H2,1H3/t2*13-,14+;;5-,6+;/m10.../s1. The number of esters is 2. The molecule has 17 heteroatoms. The average molecular weight is 1130 g/mol. The summed E-state index contributed by atoms with van der Waals surface area (Å²) in [4.78, 5) is 92.0. The van der Waals surface area contributed by atoms with E-state index < -0.39 is 35.7 Å². The summed E-state index contributed by atoms with van der Waals surface area (Å²) in [5.41, 5.74) is 5.33. The minimum Gasteiger partial charge on any atom is -0.481 e. The van der Waals surface area contributed by atoms with E-state index in [9.17, 15) is 53.7 Å². The van der Waals surface area contributed by atoms with Gasteiger partial charge in [0.15, 0.2) is 0 Å². The Labute approximate surface area is 483 Å². The summed E-state index contributed by atoms with van der Waals surface area (Å²) in [7, 11) is 7.87. The van der Waals surface area contributed by atoms with Crippen molar-refractivity contribution in [3.63, 3.8) is 0 Å². The molecule has 1 saturated heterocycles. The van der Waals surface area contributed by atoms with Crippen molar-refractivity contribution in [3.05, 3.63) is 0 Å². The van der Waals surface area contributed by atoms with Crippen LogP contribution < -0.4 is 27.0 Å². The third kappa shape index (κ3) is 33.5. The second kappa shape index (κ2) is 48.8. The van der Waals surface area contributed by atoms with Crippen LogP contribution in [0.1, 0.15) is 244 Å². The number of carboxylic acids is 3. The Morgan fingerprint density at radius 1 is 0.362 bits per heavy atom. The Bertz CT molecular complexity index is 1530. The van der Waals surface area contributed by atoms with E-state index in [2.05, 4.69) is 26.0 Å². The third-order valence-corrected chi connectivity index (χ3v) is 17.0. The number of carboxylic acid groups (broad SMARTS) is 3. The molecule has 17 nitrogen and oxygen atoms in total. The van der Waals surface area contributed by atoms with Gasteiger partial charge in [0.1, 0.15) is 17.3 Å². The predicted molar refractivity (Wildman–Crippen MR) is 317 cm³/mol. The molecule has 0 aromatic heterocycles. The number of Topliss-reactive ketones (excluding diaryl/α,β-unsaturated/α-hetero) is 3. The van der Waals surface area contributed by atoms with Crippen LogP contribution in [0.15, 0.2) is 0 Å². The highest BCUT2D eigenvalue weighted by atomic mass is 16.6. The summed E-state index contributed by atoms with van der Waals surface area (Å²) < 4.78 is 4.53. The second-order valence-electron chi connectivity index (χ2n) is 23.3. The SMILES string of the molecule is CNCCCCCCCC(=O)C1CCCCC1C(=O)O.CNCCCCCCCC(=O)[C@@H]1CCCC[C@@H]1C(=O)O.CNCCCCCCCC(=O)[C@H]1CCCC[C@H]1C(=O)O.CNCCCCCCN.O=C1OC(=O)[C@@H]2CCCC[C@H]12. The number of nitrogens with one attached hydrogen (secondary N) is 4. The zero-order chi connectivity index (χ0) is 59.2. The van der Waals surface area contributed by atoms with Crippen molar-refractivity contribution in [2.75, 3.05) is 60.9 Å². The number of fused-ring (bicyclic) bond motifs is 1. The highest BCUT2D eigenvalue weighted by Gasteiger charge is 2.45. The van der Waals surface area contributed by atoms with Gasteiger partial charge in [0.05, 0.1) is 29.6 Å². The van der Waals surface area contributed by atoms with Crippen LogP contribution in [-0.4, -0.2) is 123 Å². The summed E-state index contributed by atoms with van der Waals surface area (Å²) >= 11 is 0. The molecule has 5 fully saturated rings. The Hall–Kier alpha value is -3.64. The first-order valence-corrected chi connectivity index (χ1v) is 32.0. The van der Waals surface area contributed by atoms with Crippen LogP contribution in [0.2, 0.25) is 0 Å². The molecular weight excluding hydrogens is 1020 g/mol.